The zero-order valence-corrected chi connectivity index (χ0v) is 16.2. The van der Waals surface area contributed by atoms with Crippen LogP contribution in [0.25, 0.3) is 0 Å². The number of methoxy groups -OCH3 is 1. The highest BCUT2D eigenvalue weighted by atomic mass is 16.5. The van der Waals surface area contributed by atoms with Gasteiger partial charge in [0.15, 0.2) is 5.82 Å². The molecule has 1 aliphatic heterocycles. The lowest BCUT2D eigenvalue weighted by Crippen LogP contribution is -2.33. The minimum Gasteiger partial charge on any atom is -0.496 e. The van der Waals surface area contributed by atoms with E-state index in [1.165, 1.54) is 13.2 Å². The van der Waals surface area contributed by atoms with E-state index in [9.17, 15) is 9.59 Å². The summed E-state index contributed by atoms with van der Waals surface area (Å²) in [5.41, 5.74) is 0.942. The van der Waals surface area contributed by atoms with Crippen LogP contribution in [0.5, 0.6) is 5.75 Å². The molecule has 3 heterocycles. The van der Waals surface area contributed by atoms with Crippen molar-refractivity contribution < 1.29 is 9.53 Å². The fourth-order valence-electron chi connectivity index (χ4n) is 3.40. The Balaban J connectivity index is 1.96. The predicted octanol–water partition coefficient (Wildman–Crippen LogP) is 0.666. The molecule has 1 atom stereocenters. The Morgan fingerprint density at radius 2 is 2.11 bits per heavy atom. The number of carbonyl (C=O) groups is 1. The number of aromatic nitrogens is 4. The molecule has 0 aromatic carbocycles. The van der Waals surface area contributed by atoms with Crippen molar-refractivity contribution in [2.75, 3.05) is 20.2 Å². The number of ether oxygens (including phenoxy) is 1. The Bertz CT molecular complexity index is 886. The number of hydrogen-bond acceptors (Lipinski definition) is 6. The van der Waals surface area contributed by atoms with E-state index in [-0.39, 0.29) is 23.6 Å². The molecule has 1 aliphatic rings. The van der Waals surface area contributed by atoms with Gasteiger partial charge in [-0.05, 0) is 20.8 Å². The Morgan fingerprint density at radius 3 is 2.81 bits per heavy atom. The summed E-state index contributed by atoms with van der Waals surface area (Å²) in [7, 11) is 1.47. The van der Waals surface area contributed by atoms with Gasteiger partial charge in [0.2, 0.25) is 0 Å². The molecule has 1 unspecified atom stereocenters. The zero-order valence-electron chi connectivity index (χ0n) is 16.2. The third-order valence-corrected chi connectivity index (χ3v) is 4.77. The van der Waals surface area contributed by atoms with Crippen molar-refractivity contribution in [1.29, 1.82) is 0 Å². The van der Waals surface area contributed by atoms with E-state index < -0.39 is 0 Å². The third-order valence-electron chi connectivity index (χ3n) is 4.77. The molecule has 27 heavy (non-hydrogen) atoms. The van der Waals surface area contributed by atoms with Gasteiger partial charge < -0.3 is 24.5 Å². The summed E-state index contributed by atoms with van der Waals surface area (Å²) in [5.74, 6) is 0.685. The molecule has 146 valence electrons. The van der Waals surface area contributed by atoms with Gasteiger partial charge in [0.25, 0.3) is 11.5 Å². The number of carbonyl (C=O) groups excluding carboxylic acids is 1. The predicted molar refractivity (Wildman–Crippen MR) is 100 cm³/mol. The Morgan fingerprint density at radius 1 is 1.33 bits per heavy atom. The average Bonchev–Trinajstić information content (AvgIpc) is 3.00. The Labute approximate surface area is 157 Å². The number of amides is 1. The van der Waals surface area contributed by atoms with Crippen LogP contribution in [0.15, 0.2) is 17.2 Å². The molecule has 0 bridgehead atoms. The fourth-order valence-corrected chi connectivity index (χ4v) is 3.40. The van der Waals surface area contributed by atoms with E-state index in [1.807, 2.05) is 25.3 Å². The molecule has 9 heteroatoms. The molecular formula is C18H26N6O3. The van der Waals surface area contributed by atoms with E-state index >= 15 is 0 Å². The average molecular weight is 374 g/mol. The molecule has 0 aliphatic carbocycles. The number of fused-ring (bicyclic) bond motifs is 1. The van der Waals surface area contributed by atoms with E-state index in [4.69, 9.17) is 4.74 Å². The maximum absolute atomic E-state index is 13.1. The number of nitrogens with one attached hydrogen (secondary N) is 2. The highest BCUT2D eigenvalue weighted by molar-refractivity contribution is 5.98. The lowest BCUT2D eigenvalue weighted by molar-refractivity contribution is 0.0932. The highest BCUT2D eigenvalue weighted by Crippen LogP contribution is 2.23. The first-order valence-corrected chi connectivity index (χ1v) is 9.15. The molecule has 0 radical (unpaired) electrons. The van der Waals surface area contributed by atoms with E-state index in [0.717, 1.165) is 0 Å². The number of nitrogens with zero attached hydrogens (tertiary/aromatic N) is 4. The summed E-state index contributed by atoms with van der Waals surface area (Å²) >= 11 is 0. The molecule has 2 N–H and O–H groups in total. The van der Waals surface area contributed by atoms with E-state index in [1.54, 1.807) is 10.9 Å². The maximum atomic E-state index is 13.1. The van der Waals surface area contributed by atoms with Crippen LogP contribution in [0.2, 0.25) is 0 Å². The van der Waals surface area contributed by atoms with Crippen LogP contribution >= 0.6 is 0 Å². The third kappa shape index (κ3) is 3.73. The number of rotatable bonds is 5. The second kappa shape index (κ2) is 7.91. The minimum atomic E-state index is -0.344. The lowest BCUT2D eigenvalue weighted by atomic mass is 10.1. The van der Waals surface area contributed by atoms with Crippen LogP contribution in [0, 0.1) is 0 Å². The lowest BCUT2D eigenvalue weighted by Gasteiger charge is -2.20. The summed E-state index contributed by atoms with van der Waals surface area (Å²) in [6, 6.07) is 1.22. The number of pyridine rings is 1. The second-order valence-electron chi connectivity index (χ2n) is 6.91. The van der Waals surface area contributed by atoms with Crippen molar-refractivity contribution >= 4 is 5.91 Å². The largest absolute Gasteiger partial charge is 0.496 e. The molecule has 1 amide bonds. The molecule has 2 aromatic heterocycles. The molecule has 0 spiro atoms. The van der Waals surface area contributed by atoms with Crippen molar-refractivity contribution in [3.63, 3.8) is 0 Å². The normalized spacial score (nSPS) is 15.1. The molecule has 0 saturated heterocycles. The first kappa shape index (κ1) is 19.1. The van der Waals surface area contributed by atoms with Gasteiger partial charge >= 0.3 is 0 Å². The summed E-state index contributed by atoms with van der Waals surface area (Å²) in [4.78, 5) is 25.5. The first-order valence-electron chi connectivity index (χ1n) is 9.15. The van der Waals surface area contributed by atoms with Gasteiger partial charge in [-0.25, -0.2) is 0 Å². The van der Waals surface area contributed by atoms with Crippen molar-refractivity contribution in [2.24, 2.45) is 0 Å². The van der Waals surface area contributed by atoms with Gasteiger partial charge in [-0.2, -0.15) is 0 Å². The van der Waals surface area contributed by atoms with Gasteiger partial charge in [-0.15, -0.1) is 10.2 Å². The monoisotopic (exact) mass is 374 g/mol. The van der Waals surface area contributed by atoms with Crippen molar-refractivity contribution in [2.45, 2.75) is 45.8 Å². The van der Waals surface area contributed by atoms with Crippen LogP contribution < -0.4 is 20.9 Å². The zero-order chi connectivity index (χ0) is 19.6. The molecular weight excluding hydrogens is 348 g/mol. The van der Waals surface area contributed by atoms with Gasteiger partial charge in [0, 0.05) is 43.9 Å². The number of hydrogen-bond donors (Lipinski definition) is 2. The molecule has 3 rings (SSSR count). The second-order valence-corrected chi connectivity index (χ2v) is 6.91. The minimum absolute atomic E-state index is 0.158. The molecule has 0 fully saturated rings. The van der Waals surface area contributed by atoms with E-state index in [0.29, 0.717) is 48.9 Å². The van der Waals surface area contributed by atoms with Crippen LogP contribution in [0.1, 0.15) is 54.7 Å². The summed E-state index contributed by atoms with van der Waals surface area (Å²) in [6.07, 6.45) is 2.23. The quantitative estimate of drug-likeness (QED) is 0.797. The fraction of sp³-hybridized carbons (Fsp3) is 0.556. The summed E-state index contributed by atoms with van der Waals surface area (Å²) in [6.45, 7) is 7.83. The maximum Gasteiger partial charge on any atom is 0.257 e. The first-order chi connectivity index (χ1) is 12.9. The Hall–Kier alpha value is -2.68. The van der Waals surface area contributed by atoms with Crippen LogP contribution in [-0.4, -0.2) is 45.4 Å². The smallest absolute Gasteiger partial charge is 0.257 e. The van der Waals surface area contributed by atoms with Crippen molar-refractivity contribution in [3.05, 3.63) is 39.8 Å². The van der Waals surface area contributed by atoms with Crippen LogP contribution in [0.3, 0.4) is 0 Å². The van der Waals surface area contributed by atoms with Crippen molar-refractivity contribution in [1.82, 2.24) is 30.0 Å². The molecule has 9 nitrogen and oxygen atoms in total. The van der Waals surface area contributed by atoms with Gasteiger partial charge in [0.1, 0.15) is 17.6 Å². The van der Waals surface area contributed by atoms with Crippen LogP contribution in [-0.2, 0) is 13.0 Å². The summed E-state index contributed by atoms with van der Waals surface area (Å²) in [5, 5.41) is 14.3. The van der Waals surface area contributed by atoms with Crippen molar-refractivity contribution in [3.8, 4) is 5.75 Å². The molecule has 0 saturated carbocycles. The standard InChI is InChI=1S/C18H26N6O3/c1-11(2)24-10-20-22-17(24)12(3)21-18(26)16-13-5-6-19-7-8-23(13)15(25)9-14(16)27-4/h9-12,19H,5-8H2,1-4H3,(H,21,26). The highest BCUT2D eigenvalue weighted by Gasteiger charge is 2.26. The molecule has 2 aromatic rings. The Kier molecular flexibility index (Phi) is 5.59. The van der Waals surface area contributed by atoms with Crippen LogP contribution in [0.4, 0.5) is 0 Å². The van der Waals surface area contributed by atoms with Gasteiger partial charge in [-0.3, -0.25) is 9.59 Å². The van der Waals surface area contributed by atoms with Gasteiger partial charge in [0.05, 0.1) is 13.2 Å². The topological polar surface area (TPSA) is 103 Å². The summed E-state index contributed by atoms with van der Waals surface area (Å²) < 4.78 is 8.93. The van der Waals surface area contributed by atoms with E-state index in [2.05, 4.69) is 20.8 Å². The van der Waals surface area contributed by atoms with Gasteiger partial charge in [-0.1, -0.05) is 0 Å². The SMILES string of the molecule is COc1cc(=O)n2c(c1C(=O)NC(C)c1nncn1C(C)C)CCNCC2.